The van der Waals surface area contributed by atoms with Gasteiger partial charge in [0.05, 0.1) is 7.11 Å². The summed E-state index contributed by atoms with van der Waals surface area (Å²) in [6.45, 7) is 1.93. The Labute approximate surface area is 208 Å². The number of rotatable bonds is 6. The van der Waals surface area contributed by atoms with E-state index in [9.17, 15) is 4.79 Å². The monoisotopic (exact) mass is 485 g/mol. The van der Waals surface area contributed by atoms with Crippen LogP contribution < -0.4 is 19.5 Å². The van der Waals surface area contributed by atoms with E-state index in [0.717, 1.165) is 46.4 Å². The van der Waals surface area contributed by atoms with Crippen molar-refractivity contribution in [3.63, 3.8) is 0 Å². The number of benzene rings is 3. The molecular formula is C29H27NO6. The lowest BCUT2D eigenvalue weighted by Gasteiger charge is -2.38. The summed E-state index contributed by atoms with van der Waals surface area (Å²) in [5, 5.41) is 4.05. The van der Waals surface area contributed by atoms with Crippen molar-refractivity contribution in [2.45, 2.75) is 18.3 Å². The van der Waals surface area contributed by atoms with Gasteiger partial charge >= 0.3 is 0 Å². The smallest absolute Gasteiger partial charge is 0.287 e. The second-order valence-electron chi connectivity index (χ2n) is 9.18. The van der Waals surface area contributed by atoms with Crippen molar-refractivity contribution >= 4 is 16.9 Å². The van der Waals surface area contributed by atoms with Gasteiger partial charge in [-0.3, -0.25) is 4.79 Å². The third-order valence-corrected chi connectivity index (χ3v) is 7.19. The van der Waals surface area contributed by atoms with Crippen LogP contribution >= 0.6 is 0 Å². The highest BCUT2D eigenvalue weighted by Gasteiger charge is 2.37. The molecule has 0 aliphatic carbocycles. The highest BCUT2D eigenvalue weighted by Crippen LogP contribution is 2.41. The molecule has 184 valence electrons. The van der Waals surface area contributed by atoms with Crippen molar-refractivity contribution in [2.24, 2.45) is 0 Å². The van der Waals surface area contributed by atoms with Crippen molar-refractivity contribution < 1.29 is 28.2 Å². The molecule has 7 nitrogen and oxygen atoms in total. The Morgan fingerprint density at radius 1 is 0.972 bits per heavy atom. The SMILES string of the molecule is COc1ccc2c(-c3ccccc3)c(C(=O)NCC3(c4ccc5c(c4)OCO5)CCOCC3)oc2c1. The van der Waals surface area contributed by atoms with Crippen molar-refractivity contribution in [1.29, 1.82) is 0 Å². The molecule has 1 saturated heterocycles. The first kappa shape index (κ1) is 22.5. The minimum atomic E-state index is -0.281. The van der Waals surface area contributed by atoms with Crippen LogP contribution in [-0.2, 0) is 10.2 Å². The quantitative estimate of drug-likeness (QED) is 0.399. The Bertz CT molecular complexity index is 1400. The molecule has 3 heterocycles. The van der Waals surface area contributed by atoms with E-state index in [2.05, 4.69) is 11.4 Å². The molecule has 0 bridgehead atoms. The fourth-order valence-corrected chi connectivity index (χ4v) is 5.14. The number of carbonyl (C=O) groups excluding carboxylic acids is 1. The van der Waals surface area contributed by atoms with Crippen molar-refractivity contribution in [1.82, 2.24) is 5.32 Å². The number of carbonyl (C=O) groups is 1. The maximum atomic E-state index is 13.7. The molecule has 3 aromatic carbocycles. The van der Waals surface area contributed by atoms with E-state index < -0.39 is 0 Å². The summed E-state index contributed by atoms with van der Waals surface area (Å²) in [6, 6.07) is 21.5. The maximum Gasteiger partial charge on any atom is 0.287 e. The number of furan rings is 1. The van der Waals surface area contributed by atoms with Gasteiger partial charge in [0.1, 0.15) is 11.3 Å². The van der Waals surface area contributed by atoms with Crippen LogP contribution in [0.15, 0.2) is 71.1 Å². The number of methoxy groups -OCH3 is 1. The molecule has 0 unspecified atom stereocenters. The Hall–Kier alpha value is -3.97. The second-order valence-corrected chi connectivity index (χ2v) is 9.18. The zero-order valence-corrected chi connectivity index (χ0v) is 20.0. The van der Waals surface area contributed by atoms with Crippen LogP contribution in [0.4, 0.5) is 0 Å². The maximum absolute atomic E-state index is 13.7. The topological polar surface area (TPSA) is 79.2 Å². The van der Waals surface area contributed by atoms with Gasteiger partial charge in [-0.25, -0.2) is 0 Å². The molecule has 1 N–H and O–H groups in total. The first-order chi connectivity index (χ1) is 17.7. The van der Waals surface area contributed by atoms with E-state index in [0.29, 0.717) is 31.1 Å². The summed E-state index contributed by atoms with van der Waals surface area (Å²) in [6.07, 6.45) is 1.57. The lowest BCUT2D eigenvalue weighted by Crippen LogP contribution is -2.44. The lowest BCUT2D eigenvalue weighted by atomic mass is 9.74. The third kappa shape index (κ3) is 3.95. The second kappa shape index (κ2) is 9.24. The fourth-order valence-electron chi connectivity index (χ4n) is 5.14. The van der Waals surface area contributed by atoms with Crippen LogP contribution in [0.5, 0.6) is 17.2 Å². The van der Waals surface area contributed by atoms with E-state index in [1.54, 1.807) is 7.11 Å². The van der Waals surface area contributed by atoms with Crippen molar-refractivity contribution in [2.75, 3.05) is 33.7 Å². The van der Waals surface area contributed by atoms with E-state index in [-0.39, 0.29) is 23.9 Å². The van der Waals surface area contributed by atoms with Gasteiger partial charge in [0.15, 0.2) is 11.5 Å². The Morgan fingerprint density at radius 2 is 1.78 bits per heavy atom. The van der Waals surface area contributed by atoms with Gasteiger partial charge in [0.2, 0.25) is 12.6 Å². The van der Waals surface area contributed by atoms with Gasteiger partial charge in [-0.15, -0.1) is 0 Å². The fraction of sp³-hybridized carbons (Fsp3) is 0.276. The minimum absolute atomic E-state index is 0.227. The van der Waals surface area contributed by atoms with Crippen molar-refractivity contribution in [3.05, 3.63) is 78.1 Å². The van der Waals surface area contributed by atoms with Crippen molar-refractivity contribution in [3.8, 4) is 28.4 Å². The molecule has 4 aromatic rings. The molecule has 2 aliphatic rings. The minimum Gasteiger partial charge on any atom is -0.497 e. The molecule has 0 radical (unpaired) electrons. The Morgan fingerprint density at radius 3 is 2.58 bits per heavy atom. The molecule has 1 aromatic heterocycles. The van der Waals surface area contributed by atoms with Crippen LogP contribution in [0, 0.1) is 0 Å². The van der Waals surface area contributed by atoms with E-state index in [1.807, 2.05) is 60.7 Å². The lowest BCUT2D eigenvalue weighted by molar-refractivity contribution is 0.0484. The summed E-state index contributed by atoms with van der Waals surface area (Å²) in [7, 11) is 1.61. The van der Waals surface area contributed by atoms with Gasteiger partial charge in [0, 0.05) is 42.2 Å². The number of amides is 1. The van der Waals surface area contributed by atoms with Gasteiger partial charge in [-0.2, -0.15) is 0 Å². The Kier molecular flexibility index (Phi) is 5.77. The summed E-state index contributed by atoms with van der Waals surface area (Å²) >= 11 is 0. The average Bonchev–Trinajstić information content (AvgIpc) is 3.56. The summed E-state index contributed by atoms with van der Waals surface area (Å²) < 4.78 is 28.3. The largest absolute Gasteiger partial charge is 0.497 e. The molecule has 2 aliphatic heterocycles. The first-order valence-corrected chi connectivity index (χ1v) is 12.1. The Balaban J connectivity index is 1.34. The predicted octanol–water partition coefficient (Wildman–Crippen LogP) is 5.32. The number of hydrogen-bond acceptors (Lipinski definition) is 6. The highest BCUT2D eigenvalue weighted by atomic mass is 16.7. The predicted molar refractivity (Wildman–Crippen MR) is 135 cm³/mol. The summed E-state index contributed by atoms with van der Waals surface area (Å²) in [5.74, 6) is 2.19. The van der Waals surface area contributed by atoms with Crippen LogP contribution in [-0.4, -0.2) is 39.6 Å². The molecule has 0 saturated carbocycles. The number of fused-ring (bicyclic) bond motifs is 2. The molecule has 6 rings (SSSR count). The number of hydrogen-bond donors (Lipinski definition) is 1. The third-order valence-electron chi connectivity index (χ3n) is 7.19. The number of ether oxygens (including phenoxy) is 4. The molecular weight excluding hydrogens is 458 g/mol. The van der Waals surface area contributed by atoms with Gasteiger partial charge < -0.3 is 28.7 Å². The molecule has 36 heavy (non-hydrogen) atoms. The van der Waals surface area contributed by atoms with E-state index in [1.165, 1.54) is 0 Å². The highest BCUT2D eigenvalue weighted by molar-refractivity contribution is 6.08. The van der Waals surface area contributed by atoms with Gasteiger partial charge in [-0.1, -0.05) is 36.4 Å². The van der Waals surface area contributed by atoms with E-state index >= 15 is 0 Å². The van der Waals surface area contributed by atoms with Crippen LogP contribution in [0.1, 0.15) is 29.0 Å². The average molecular weight is 486 g/mol. The van der Waals surface area contributed by atoms with Crippen LogP contribution in [0.2, 0.25) is 0 Å². The molecule has 0 spiro atoms. The zero-order valence-electron chi connectivity index (χ0n) is 20.0. The van der Waals surface area contributed by atoms with Crippen LogP contribution in [0.25, 0.3) is 22.1 Å². The first-order valence-electron chi connectivity index (χ1n) is 12.1. The zero-order chi connectivity index (χ0) is 24.5. The van der Waals surface area contributed by atoms with Crippen LogP contribution in [0.3, 0.4) is 0 Å². The summed E-state index contributed by atoms with van der Waals surface area (Å²) in [5.41, 5.74) is 3.12. The van der Waals surface area contributed by atoms with E-state index in [4.69, 9.17) is 23.4 Å². The molecule has 1 amide bonds. The number of nitrogens with one attached hydrogen (secondary N) is 1. The molecule has 0 atom stereocenters. The summed E-state index contributed by atoms with van der Waals surface area (Å²) in [4.78, 5) is 13.7. The van der Waals surface area contributed by atoms with Gasteiger partial charge in [0.25, 0.3) is 5.91 Å². The van der Waals surface area contributed by atoms with Gasteiger partial charge in [-0.05, 0) is 48.2 Å². The molecule has 1 fully saturated rings. The normalized spacial score (nSPS) is 16.1. The molecule has 7 heteroatoms. The standard InChI is InChI=1S/C29H27NO6/c1-32-21-8-9-22-24(16-21)36-27(26(22)19-5-3-2-4-6-19)28(31)30-17-29(11-13-33-14-12-29)20-7-10-23-25(15-20)35-18-34-23/h2-10,15-16H,11-14,17-18H2,1H3,(H,30,31).